The Morgan fingerprint density at radius 1 is 0.970 bits per heavy atom. The summed E-state index contributed by atoms with van der Waals surface area (Å²) in [5.41, 5.74) is 2.46. The molecule has 33 heavy (non-hydrogen) atoms. The lowest BCUT2D eigenvalue weighted by molar-refractivity contribution is 0.0932. The van der Waals surface area contributed by atoms with Crippen molar-refractivity contribution in [2.24, 2.45) is 5.92 Å². The molecule has 0 unspecified atom stereocenters. The lowest BCUT2D eigenvalue weighted by Gasteiger charge is -2.22. The molecule has 3 aromatic carbocycles. The summed E-state index contributed by atoms with van der Waals surface area (Å²) in [6.07, 6.45) is 0.761. The molecule has 0 aliphatic rings. The lowest BCUT2D eigenvalue weighted by Crippen LogP contribution is -2.29. The summed E-state index contributed by atoms with van der Waals surface area (Å²) in [4.78, 5) is 13.3. The summed E-state index contributed by atoms with van der Waals surface area (Å²) in [5.74, 6) is 0.850. The number of anilines is 1. The molecule has 0 aliphatic heterocycles. The van der Waals surface area contributed by atoms with Crippen LogP contribution in [0.2, 0.25) is 0 Å². The van der Waals surface area contributed by atoms with Crippen LogP contribution in [-0.4, -0.2) is 21.4 Å². The van der Waals surface area contributed by atoms with Crippen LogP contribution >= 0.6 is 0 Å². The second-order valence-electron chi connectivity index (χ2n) is 8.38. The highest BCUT2D eigenvalue weighted by molar-refractivity contribution is 7.92. The van der Waals surface area contributed by atoms with E-state index in [1.54, 1.807) is 50.4 Å². The Bertz CT molecular complexity index is 1190. The van der Waals surface area contributed by atoms with Crippen LogP contribution in [0.15, 0.2) is 77.7 Å². The van der Waals surface area contributed by atoms with E-state index in [1.807, 2.05) is 24.3 Å². The molecule has 0 aliphatic carbocycles. The first kappa shape index (κ1) is 24.3. The van der Waals surface area contributed by atoms with Crippen LogP contribution in [-0.2, 0) is 10.0 Å². The fourth-order valence-corrected chi connectivity index (χ4v) is 4.65. The van der Waals surface area contributed by atoms with Crippen LogP contribution in [0.1, 0.15) is 47.8 Å². The fraction of sp³-hybridized carbons (Fsp3) is 0.269. The first-order valence-corrected chi connectivity index (χ1v) is 12.3. The minimum Gasteiger partial charge on any atom is -0.497 e. The van der Waals surface area contributed by atoms with Crippen LogP contribution in [0, 0.1) is 12.8 Å². The summed E-state index contributed by atoms with van der Waals surface area (Å²) in [7, 11) is -2.15. The minimum atomic E-state index is -3.76. The van der Waals surface area contributed by atoms with Crippen molar-refractivity contribution in [3.8, 4) is 5.75 Å². The van der Waals surface area contributed by atoms with Gasteiger partial charge in [0.05, 0.1) is 23.7 Å². The van der Waals surface area contributed by atoms with Crippen LogP contribution in [0.3, 0.4) is 0 Å². The Morgan fingerprint density at radius 3 is 2.24 bits per heavy atom. The van der Waals surface area contributed by atoms with Gasteiger partial charge in [0, 0.05) is 5.56 Å². The average Bonchev–Trinajstić information content (AvgIpc) is 2.80. The monoisotopic (exact) mass is 466 g/mol. The molecule has 0 saturated carbocycles. The van der Waals surface area contributed by atoms with Gasteiger partial charge in [-0.15, -0.1) is 0 Å². The molecule has 0 spiro atoms. The molecular formula is C26H30N2O4S. The van der Waals surface area contributed by atoms with Gasteiger partial charge in [0.15, 0.2) is 0 Å². The number of carbonyl (C=O) groups is 1. The number of amides is 1. The van der Waals surface area contributed by atoms with Crippen molar-refractivity contribution in [3.63, 3.8) is 0 Å². The Morgan fingerprint density at radius 2 is 1.64 bits per heavy atom. The molecule has 0 bridgehead atoms. The zero-order valence-electron chi connectivity index (χ0n) is 19.3. The molecule has 3 rings (SSSR count). The van der Waals surface area contributed by atoms with Crippen molar-refractivity contribution in [1.82, 2.24) is 5.32 Å². The number of aryl methyl sites for hydroxylation is 1. The normalized spacial score (nSPS) is 12.3. The number of benzene rings is 3. The van der Waals surface area contributed by atoms with E-state index >= 15 is 0 Å². The summed E-state index contributed by atoms with van der Waals surface area (Å²) in [6, 6.07) is 20.6. The summed E-state index contributed by atoms with van der Waals surface area (Å²) in [5, 5.41) is 3.10. The Hall–Kier alpha value is -3.32. The van der Waals surface area contributed by atoms with E-state index < -0.39 is 10.0 Å². The second kappa shape index (κ2) is 10.5. The molecule has 0 heterocycles. The van der Waals surface area contributed by atoms with Gasteiger partial charge in [0.25, 0.3) is 15.9 Å². The number of carbonyl (C=O) groups excluding carboxylic acids is 1. The average molecular weight is 467 g/mol. The zero-order chi connectivity index (χ0) is 24.0. The Kier molecular flexibility index (Phi) is 7.76. The van der Waals surface area contributed by atoms with E-state index in [1.165, 1.54) is 12.1 Å². The zero-order valence-corrected chi connectivity index (χ0v) is 20.1. The highest BCUT2D eigenvalue weighted by Crippen LogP contribution is 2.25. The topological polar surface area (TPSA) is 84.5 Å². The number of hydrogen-bond acceptors (Lipinski definition) is 4. The second-order valence-corrected chi connectivity index (χ2v) is 10.1. The number of ether oxygens (including phenoxy) is 1. The molecule has 0 fully saturated rings. The van der Waals surface area contributed by atoms with Gasteiger partial charge in [-0.2, -0.15) is 0 Å². The van der Waals surface area contributed by atoms with Crippen molar-refractivity contribution < 1.29 is 17.9 Å². The molecule has 3 aromatic rings. The largest absolute Gasteiger partial charge is 0.497 e. The molecule has 1 atom stereocenters. The van der Waals surface area contributed by atoms with E-state index in [9.17, 15) is 13.2 Å². The predicted octanol–water partition coefficient (Wildman–Crippen LogP) is 5.32. The third-order valence-corrected chi connectivity index (χ3v) is 6.71. The molecule has 0 radical (unpaired) electrons. The quantitative estimate of drug-likeness (QED) is 0.447. The maximum atomic E-state index is 13.1. The first-order chi connectivity index (χ1) is 15.7. The van der Waals surface area contributed by atoms with Crippen LogP contribution < -0.4 is 14.8 Å². The van der Waals surface area contributed by atoms with Crippen molar-refractivity contribution in [3.05, 3.63) is 89.5 Å². The SMILES string of the molecule is COc1ccc([C@@H](CC(C)C)NC(=O)c2ccc(C)c(NS(=O)(=O)c3ccccc3)c2)cc1. The Balaban J connectivity index is 1.83. The van der Waals surface area contributed by atoms with Crippen molar-refractivity contribution in [1.29, 1.82) is 0 Å². The molecule has 1 amide bonds. The summed E-state index contributed by atoms with van der Waals surface area (Å²) < 4.78 is 33.3. The molecule has 174 valence electrons. The van der Waals surface area contributed by atoms with Crippen LogP contribution in [0.4, 0.5) is 5.69 Å². The van der Waals surface area contributed by atoms with Crippen molar-refractivity contribution in [2.75, 3.05) is 11.8 Å². The van der Waals surface area contributed by atoms with E-state index in [2.05, 4.69) is 23.9 Å². The summed E-state index contributed by atoms with van der Waals surface area (Å²) in [6.45, 7) is 6.00. The summed E-state index contributed by atoms with van der Waals surface area (Å²) >= 11 is 0. The highest BCUT2D eigenvalue weighted by atomic mass is 32.2. The number of hydrogen-bond donors (Lipinski definition) is 2. The van der Waals surface area contributed by atoms with Crippen molar-refractivity contribution in [2.45, 2.75) is 38.1 Å². The number of rotatable bonds is 9. The van der Waals surface area contributed by atoms with E-state index in [0.717, 1.165) is 23.3 Å². The van der Waals surface area contributed by atoms with Gasteiger partial charge >= 0.3 is 0 Å². The van der Waals surface area contributed by atoms with Gasteiger partial charge in [0.1, 0.15) is 5.75 Å². The van der Waals surface area contributed by atoms with E-state index in [0.29, 0.717) is 17.2 Å². The number of methoxy groups -OCH3 is 1. The minimum absolute atomic E-state index is 0.163. The maximum absolute atomic E-state index is 13.1. The third-order valence-electron chi connectivity index (χ3n) is 5.33. The Labute approximate surface area is 196 Å². The molecule has 2 N–H and O–H groups in total. The van der Waals surface area contributed by atoms with E-state index in [-0.39, 0.29) is 16.8 Å². The van der Waals surface area contributed by atoms with Crippen molar-refractivity contribution >= 4 is 21.6 Å². The van der Waals surface area contributed by atoms with Crippen LogP contribution in [0.5, 0.6) is 5.75 Å². The first-order valence-electron chi connectivity index (χ1n) is 10.8. The third kappa shape index (κ3) is 6.35. The van der Waals surface area contributed by atoms with E-state index in [4.69, 9.17) is 4.74 Å². The molecule has 0 aromatic heterocycles. The standard InChI is InChI=1S/C26H30N2O4S/c1-18(2)16-25(20-12-14-22(32-4)15-13-20)27-26(29)21-11-10-19(3)24(17-21)28-33(30,31)23-8-6-5-7-9-23/h5-15,17-18,25,28H,16H2,1-4H3,(H,27,29)/t25-/m1/s1. The highest BCUT2D eigenvalue weighted by Gasteiger charge is 2.20. The smallest absolute Gasteiger partial charge is 0.261 e. The van der Waals surface area contributed by atoms with Gasteiger partial charge in [0.2, 0.25) is 0 Å². The number of sulfonamides is 1. The number of nitrogens with one attached hydrogen (secondary N) is 2. The van der Waals surface area contributed by atoms with Crippen LogP contribution in [0.25, 0.3) is 0 Å². The van der Waals surface area contributed by atoms with Gasteiger partial charge in [-0.05, 0) is 66.8 Å². The van der Waals surface area contributed by atoms with Gasteiger partial charge in [-0.3, -0.25) is 9.52 Å². The molecule has 6 nitrogen and oxygen atoms in total. The maximum Gasteiger partial charge on any atom is 0.261 e. The lowest BCUT2D eigenvalue weighted by atomic mass is 9.96. The molecule has 0 saturated heterocycles. The van der Waals surface area contributed by atoms with Gasteiger partial charge in [-0.25, -0.2) is 8.42 Å². The fourth-order valence-electron chi connectivity index (χ4n) is 3.50. The molecular weight excluding hydrogens is 436 g/mol. The van der Waals surface area contributed by atoms with Gasteiger partial charge < -0.3 is 10.1 Å². The predicted molar refractivity (Wildman–Crippen MR) is 131 cm³/mol. The molecule has 7 heteroatoms. The van der Waals surface area contributed by atoms with Gasteiger partial charge in [-0.1, -0.05) is 50.2 Å².